The number of hydrogen-bond donors (Lipinski definition) is 0. The molecule has 0 bridgehead atoms. The van der Waals surface area contributed by atoms with Gasteiger partial charge in [-0.3, -0.25) is 0 Å². The maximum Gasteiger partial charge on any atom is 0.196 e. The lowest BCUT2D eigenvalue weighted by molar-refractivity contribution is -0.0382. The number of benzene rings is 1. The second-order valence-electron chi connectivity index (χ2n) is 2.16. The molecule has 1 atom stereocenters. The molecule has 0 saturated carbocycles. The van der Waals surface area contributed by atoms with Crippen LogP contribution in [0.25, 0.3) is 0 Å². The van der Waals surface area contributed by atoms with Crippen molar-refractivity contribution in [2.24, 2.45) is 0 Å². The lowest BCUT2D eigenvalue weighted by Crippen LogP contribution is -2.13. The maximum atomic E-state index is 5.32. The van der Waals surface area contributed by atoms with Crippen molar-refractivity contribution in [3.8, 4) is 5.75 Å². The summed E-state index contributed by atoms with van der Waals surface area (Å²) in [6, 6.07) is 10.2. The maximum absolute atomic E-state index is 5.32. The van der Waals surface area contributed by atoms with Crippen LogP contribution in [0.2, 0.25) is 0 Å². The van der Waals surface area contributed by atoms with Crippen LogP contribution in [0.3, 0.4) is 0 Å². The van der Waals surface area contributed by atoms with Crippen molar-refractivity contribution in [3.63, 3.8) is 0 Å². The predicted octanol–water partition coefficient (Wildman–Crippen LogP) is 1.86. The largest absolute Gasteiger partial charge is 0.465 e. The lowest BCUT2D eigenvalue weighted by atomic mass is 10.3. The smallest absolute Gasteiger partial charge is 0.196 e. The number of rotatable bonds is 3. The molecule has 1 aromatic rings. The quantitative estimate of drug-likeness (QED) is 0.614. The highest BCUT2D eigenvalue weighted by Gasteiger charge is 1.98. The lowest BCUT2D eigenvalue weighted by Gasteiger charge is -2.11. The Kier molecular flexibility index (Phi) is 2.93. The van der Waals surface area contributed by atoms with Crippen molar-refractivity contribution in [1.82, 2.24) is 0 Å². The molecule has 1 aromatic carbocycles. The second kappa shape index (κ2) is 3.98. The van der Waals surface area contributed by atoms with Crippen LogP contribution < -0.4 is 4.74 Å². The molecule has 0 N–H and O–H groups in total. The third kappa shape index (κ3) is 2.60. The Labute approximate surface area is 66.8 Å². The Hall–Kier alpha value is -1.02. The highest BCUT2D eigenvalue weighted by atomic mass is 16.7. The van der Waals surface area contributed by atoms with Crippen LogP contribution >= 0.6 is 0 Å². The third-order valence-electron chi connectivity index (χ3n) is 1.32. The van der Waals surface area contributed by atoms with Crippen LogP contribution in [0.15, 0.2) is 24.3 Å². The molecular weight excluding hydrogens is 140 g/mol. The van der Waals surface area contributed by atoms with Gasteiger partial charge in [-0.25, -0.2) is 0 Å². The van der Waals surface area contributed by atoms with E-state index in [1.165, 1.54) is 0 Å². The average molecular weight is 151 g/mol. The summed E-state index contributed by atoms with van der Waals surface area (Å²) in [5, 5.41) is 0. The molecular formula is C9H11O2. The second-order valence-corrected chi connectivity index (χ2v) is 2.16. The summed E-state index contributed by atoms with van der Waals surface area (Å²) in [4.78, 5) is 0. The van der Waals surface area contributed by atoms with E-state index in [1.807, 2.05) is 19.1 Å². The Morgan fingerprint density at radius 2 is 2.00 bits per heavy atom. The molecule has 59 valence electrons. The molecule has 11 heavy (non-hydrogen) atoms. The molecule has 0 spiro atoms. The standard InChI is InChI=1S/C9H11O2/c1-8(10-2)11-9-6-4-3-5-7-9/h4-8H,1-2H3. The van der Waals surface area contributed by atoms with Crippen LogP contribution in [0, 0.1) is 6.07 Å². The fourth-order valence-corrected chi connectivity index (χ4v) is 0.690. The minimum absolute atomic E-state index is 0.197. The van der Waals surface area contributed by atoms with Gasteiger partial charge in [0.15, 0.2) is 6.29 Å². The molecule has 0 fully saturated rings. The molecule has 1 rings (SSSR count). The van der Waals surface area contributed by atoms with E-state index in [1.54, 1.807) is 19.2 Å². The molecule has 0 heterocycles. The van der Waals surface area contributed by atoms with E-state index in [9.17, 15) is 0 Å². The molecule has 1 unspecified atom stereocenters. The van der Waals surface area contributed by atoms with Crippen LogP contribution in [0.5, 0.6) is 5.75 Å². The van der Waals surface area contributed by atoms with E-state index in [0.717, 1.165) is 5.75 Å². The summed E-state index contributed by atoms with van der Waals surface area (Å²) in [6.45, 7) is 1.84. The first-order valence-electron chi connectivity index (χ1n) is 3.48. The van der Waals surface area contributed by atoms with Gasteiger partial charge >= 0.3 is 0 Å². The molecule has 0 aliphatic heterocycles. The zero-order chi connectivity index (χ0) is 8.10. The minimum atomic E-state index is -0.197. The van der Waals surface area contributed by atoms with E-state index in [-0.39, 0.29) is 6.29 Å². The van der Waals surface area contributed by atoms with E-state index >= 15 is 0 Å². The fourth-order valence-electron chi connectivity index (χ4n) is 0.690. The first-order chi connectivity index (χ1) is 5.33. The molecule has 0 aliphatic carbocycles. The van der Waals surface area contributed by atoms with Gasteiger partial charge in [-0.1, -0.05) is 12.1 Å². The Bertz CT molecular complexity index is 196. The van der Waals surface area contributed by atoms with Crippen LogP contribution in [-0.4, -0.2) is 13.4 Å². The molecule has 1 radical (unpaired) electrons. The van der Waals surface area contributed by atoms with Gasteiger partial charge in [-0.2, -0.15) is 0 Å². The van der Waals surface area contributed by atoms with E-state index in [0.29, 0.717) is 0 Å². The van der Waals surface area contributed by atoms with Crippen LogP contribution in [0.4, 0.5) is 0 Å². The van der Waals surface area contributed by atoms with Gasteiger partial charge in [0.2, 0.25) is 0 Å². The molecule has 0 aliphatic rings. The van der Waals surface area contributed by atoms with Crippen molar-refractivity contribution < 1.29 is 9.47 Å². The van der Waals surface area contributed by atoms with Gasteiger partial charge in [0.1, 0.15) is 5.75 Å². The van der Waals surface area contributed by atoms with Crippen molar-refractivity contribution >= 4 is 0 Å². The van der Waals surface area contributed by atoms with Gasteiger partial charge in [-0.15, -0.1) is 0 Å². The predicted molar refractivity (Wildman–Crippen MR) is 42.4 cm³/mol. The van der Waals surface area contributed by atoms with Crippen LogP contribution in [-0.2, 0) is 4.74 Å². The van der Waals surface area contributed by atoms with Gasteiger partial charge in [0.05, 0.1) is 0 Å². The van der Waals surface area contributed by atoms with Gasteiger partial charge in [0.25, 0.3) is 0 Å². The first-order valence-corrected chi connectivity index (χ1v) is 3.48. The normalized spacial score (nSPS) is 12.5. The van der Waals surface area contributed by atoms with E-state index in [2.05, 4.69) is 6.07 Å². The van der Waals surface area contributed by atoms with E-state index < -0.39 is 0 Å². The SMILES string of the molecule is COC(C)Oc1cc[c]cc1. The number of methoxy groups -OCH3 is 1. The summed E-state index contributed by atoms with van der Waals surface area (Å²) >= 11 is 0. The first kappa shape index (κ1) is 8.08. The van der Waals surface area contributed by atoms with Crippen LogP contribution in [0.1, 0.15) is 6.92 Å². The number of hydrogen-bond acceptors (Lipinski definition) is 2. The zero-order valence-electron chi connectivity index (χ0n) is 6.70. The summed E-state index contributed by atoms with van der Waals surface area (Å²) in [5.74, 6) is 0.804. The monoisotopic (exact) mass is 151 g/mol. The molecule has 0 saturated heterocycles. The summed E-state index contributed by atoms with van der Waals surface area (Å²) in [5.41, 5.74) is 0. The van der Waals surface area contributed by atoms with Crippen molar-refractivity contribution in [2.45, 2.75) is 13.2 Å². The topological polar surface area (TPSA) is 18.5 Å². The summed E-state index contributed by atoms with van der Waals surface area (Å²) < 4.78 is 10.2. The average Bonchev–Trinajstić information content (AvgIpc) is 2.06. The highest BCUT2D eigenvalue weighted by Crippen LogP contribution is 2.10. The molecule has 0 amide bonds. The van der Waals surface area contributed by atoms with Gasteiger partial charge in [-0.05, 0) is 25.1 Å². The van der Waals surface area contributed by atoms with Crippen molar-refractivity contribution in [1.29, 1.82) is 0 Å². The van der Waals surface area contributed by atoms with E-state index in [4.69, 9.17) is 9.47 Å². The Balaban J connectivity index is 2.51. The van der Waals surface area contributed by atoms with Gasteiger partial charge in [0, 0.05) is 7.11 Å². The fraction of sp³-hybridized carbons (Fsp3) is 0.333. The summed E-state index contributed by atoms with van der Waals surface area (Å²) in [7, 11) is 1.61. The third-order valence-corrected chi connectivity index (χ3v) is 1.32. The Morgan fingerprint density at radius 1 is 1.36 bits per heavy atom. The van der Waals surface area contributed by atoms with Gasteiger partial charge < -0.3 is 9.47 Å². The highest BCUT2D eigenvalue weighted by molar-refractivity contribution is 5.20. The van der Waals surface area contributed by atoms with Crippen molar-refractivity contribution in [2.75, 3.05) is 7.11 Å². The Morgan fingerprint density at radius 3 is 2.55 bits per heavy atom. The molecule has 0 aromatic heterocycles. The molecule has 2 nitrogen and oxygen atoms in total. The number of ether oxygens (including phenoxy) is 2. The summed E-state index contributed by atoms with van der Waals surface area (Å²) in [6.07, 6.45) is -0.197. The zero-order valence-corrected chi connectivity index (χ0v) is 6.70. The minimum Gasteiger partial charge on any atom is -0.465 e. The van der Waals surface area contributed by atoms with Crippen molar-refractivity contribution in [3.05, 3.63) is 30.3 Å². The molecule has 2 heteroatoms.